The van der Waals surface area contributed by atoms with E-state index in [0.29, 0.717) is 39.4 Å². The van der Waals surface area contributed by atoms with E-state index in [1.54, 1.807) is 37.6 Å². The highest BCUT2D eigenvalue weighted by Crippen LogP contribution is 2.41. The minimum atomic E-state index is -0.693. The van der Waals surface area contributed by atoms with E-state index in [9.17, 15) is 14.4 Å². The molecule has 3 N–H and O–H groups in total. The number of benzene rings is 1. The van der Waals surface area contributed by atoms with E-state index in [-0.39, 0.29) is 27.8 Å². The summed E-state index contributed by atoms with van der Waals surface area (Å²) < 4.78 is 23.0. The first-order valence-corrected chi connectivity index (χ1v) is 12.7. The van der Waals surface area contributed by atoms with Crippen molar-refractivity contribution in [1.29, 1.82) is 0 Å². The number of aromatic nitrogens is 3. The van der Waals surface area contributed by atoms with Gasteiger partial charge in [0.25, 0.3) is 5.91 Å². The molecule has 14 heteroatoms. The fourth-order valence-electron chi connectivity index (χ4n) is 3.48. The molecule has 2 amide bonds. The lowest BCUT2D eigenvalue weighted by atomic mass is 10.1. The zero-order chi connectivity index (χ0) is 27.3. The van der Waals surface area contributed by atoms with Crippen LogP contribution in [-0.2, 0) is 16.6 Å². The molecule has 0 bridgehead atoms. The average Bonchev–Trinajstić information content (AvgIpc) is 3.40. The highest BCUT2D eigenvalue weighted by Gasteiger charge is 2.26. The zero-order valence-corrected chi connectivity index (χ0v) is 22.8. The lowest BCUT2D eigenvalue weighted by molar-refractivity contribution is -0.113. The number of nitrogens with zero attached hydrogens (tertiary/aromatic N) is 3. The van der Waals surface area contributed by atoms with Gasteiger partial charge in [0.15, 0.2) is 22.5 Å². The third-order valence-corrected chi connectivity index (χ3v) is 7.44. The Morgan fingerprint density at radius 3 is 2.30 bits per heavy atom. The molecule has 2 heterocycles. The zero-order valence-electron chi connectivity index (χ0n) is 21.2. The fourth-order valence-corrected chi connectivity index (χ4v) is 5.25. The summed E-state index contributed by atoms with van der Waals surface area (Å²) in [7, 11) is 6.32. The van der Waals surface area contributed by atoms with Crippen LogP contribution in [0.1, 0.15) is 32.5 Å². The number of hydrogen-bond acceptors (Lipinski definition) is 11. The van der Waals surface area contributed by atoms with E-state index >= 15 is 0 Å². The van der Waals surface area contributed by atoms with E-state index in [2.05, 4.69) is 15.5 Å². The van der Waals surface area contributed by atoms with E-state index in [0.717, 1.165) is 23.1 Å². The van der Waals surface area contributed by atoms with Crippen molar-refractivity contribution in [3.05, 3.63) is 28.1 Å². The molecule has 3 rings (SSSR count). The summed E-state index contributed by atoms with van der Waals surface area (Å²) in [4.78, 5) is 37.1. The first-order chi connectivity index (χ1) is 17.7. The van der Waals surface area contributed by atoms with Crippen LogP contribution >= 0.6 is 23.1 Å². The van der Waals surface area contributed by atoms with Crippen molar-refractivity contribution in [3.63, 3.8) is 0 Å². The number of ether oxygens (including phenoxy) is 4. The number of carbonyl (C=O) groups excluding carboxylic acids is 3. The second-order valence-electron chi connectivity index (χ2n) is 7.46. The van der Waals surface area contributed by atoms with Gasteiger partial charge < -0.3 is 34.6 Å². The Morgan fingerprint density at radius 1 is 1.11 bits per heavy atom. The van der Waals surface area contributed by atoms with Crippen molar-refractivity contribution in [2.24, 2.45) is 12.8 Å². The Bertz CT molecular complexity index is 1310. The number of thiophene rings is 1. The number of anilines is 1. The van der Waals surface area contributed by atoms with Gasteiger partial charge in [0.05, 0.1) is 44.1 Å². The Balaban J connectivity index is 1.79. The normalized spacial score (nSPS) is 10.6. The van der Waals surface area contributed by atoms with Crippen LogP contribution < -0.4 is 25.3 Å². The standard InChI is InChI=1S/C23H27N5O7S2/c1-7-35-22(31)16-11(2)18(19(24)30)37-21(16)25-15(29)10-36-23-27-26-20(28(23)3)12-8-13(32-4)17(34-6)14(9-12)33-5/h8-9H,7,10H2,1-6H3,(H2,24,30)(H,25,29). The van der Waals surface area contributed by atoms with Gasteiger partial charge in [-0.05, 0) is 31.5 Å². The molecule has 0 aliphatic carbocycles. The molecular weight excluding hydrogens is 522 g/mol. The Morgan fingerprint density at radius 2 is 1.76 bits per heavy atom. The second-order valence-corrected chi connectivity index (χ2v) is 9.42. The van der Waals surface area contributed by atoms with Gasteiger partial charge >= 0.3 is 5.97 Å². The molecular formula is C23H27N5O7S2. The van der Waals surface area contributed by atoms with E-state index in [1.165, 1.54) is 21.3 Å². The molecule has 12 nitrogen and oxygen atoms in total. The van der Waals surface area contributed by atoms with Crippen molar-refractivity contribution < 1.29 is 33.3 Å². The summed E-state index contributed by atoms with van der Waals surface area (Å²) >= 11 is 2.08. The van der Waals surface area contributed by atoms with Gasteiger partial charge in [-0.15, -0.1) is 21.5 Å². The van der Waals surface area contributed by atoms with Gasteiger partial charge in [-0.3, -0.25) is 9.59 Å². The predicted molar refractivity (Wildman–Crippen MR) is 139 cm³/mol. The first kappa shape index (κ1) is 27.8. The van der Waals surface area contributed by atoms with Crippen LogP contribution in [-0.4, -0.2) is 66.2 Å². The molecule has 0 atom stereocenters. The molecule has 2 aromatic heterocycles. The molecule has 0 saturated carbocycles. The summed E-state index contributed by atoms with van der Waals surface area (Å²) in [5, 5.41) is 11.8. The van der Waals surface area contributed by atoms with Crippen LogP contribution in [0.5, 0.6) is 17.2 Å². The number of amides is 2. The van der Waals surface area contributed by atoms with Crippen molar-refractivity contribution in [2.75, 3.05) is 39.0 Å². The van der Waals surface area contributed by atoms with Gasteiger partial charge in [0.2, 0.25) is 11.7 Å². The van der Waals surface area contributed by atoms with Gasteiger partial charge in [-0.1, -0.05) is 11.8 Å². The van der Waals surface area contributed by atoms with Crippen LogP contribution in [0.4, 0.5) is 5.00 Å². The molecule has 0 unspecified atom stereocenters. The lowest BCUT2D eigenvalue weighted by Gasteiger charge is -2.14. The van der Waals surface area contributed by atoms with Crippen molar-refractivity contribution in [3.8, 4) is 28.6 Å². The molecule has 0 radical (unpaired) electrons. The minimum Gasteiger partial charge on any atom is -0.493 e. The van der Waals surface area contributed by atoms with Crippen LogP contribution in [0.3, 0.4) is 0 Å². The summed E-state index contributed by atoms with van der Waals surface area (Å²) in [6, 6.07) is 3.50. The van der Waals surface area contributed by atoms with Crippen LogP contribution in [0.25, 0.3) is 11.4 Å². The molecule has 198 valence electrons. The van der Waals surface area contributed by atoms with Crippen LogP contribution in [0.2, 0.25) is 0 Å². The number of methoxy groups -OCH3 is 3. The number of nitrogens with one attached hydrogen (secondary N) is 1. The van der Waals surface area contributed by atoms with E-state index < -0.39 is 17.8 Å². The lowest BCUT2D eigenvalue weighted by Crippen LogP contribution is -2.17. The van der Waals surface area contributed by atoms with Crippen molar-refractivity contribution in [1.82, 2.24) is 14.8 Å². The maximum absolute atomic E-state index is 12.7. The summed E-state index contributed by atoms with van der Waals surface area (Å²) in [6.45, 7) is 3.39. The molecule has 0 fully saturated rings. The number of primary amides is 1. The van der Waals surface area contributed by atoms with E-state index in [1.807, 2.05) is 0 Å². The van der Waals surface area contributed by atoms with Gasteiger partial charge in [0, 0.05) is 12.6 Å². The molecule has 0 aliphatic rings. The number of nitrogens with two attached hydrogens (primary N) is 1. The highest BCUT2D eigenvalue weighted by molar-refractivity contribution is 7.99. The molecule has 0 aliphatic heterocycles. The predicted octanol–water partition coefficient (Wildman–Crippen LogP) is 2.88. The summed E-state index contributed by atoms with van der Waals surface area (Å²) in [6.07, 6.45) is 0. The number of rotatable bonds is 11. The molecule has 3 aromatic rings. The third-order valence-electron chi connectivity index (χ3n) is 5.19. The second kappa shape index (κ2) is 12.0. The number of thioether (sulfide) groups is 1. The van der Waals surface area contributed by atoms with Crippen molar-refractivity contribution in [2.45, 2.75) is 19.0 Å². The SMILES string of the molecule is CCOC(=O)c1c(NC(=O)CSc2nnc(-c3cc(OC)c(OC)c(OC)c3)n2C)sc(C(N)=O)c1C. The minimum absolute atomic E-state index is 0.0354. The fraction of sp³-hybridized carbons (Fsp3) is 0.348. The highest BCUT2D eigenvalue weighted by atomic mass is 32.2. The topological polar surface area (TPSA) is 157 Å². The quantitative estimate of drug-likeness (QED) is 0.269. The average molecular weight is 550 g/mol. The molecule has 0 saturated heterocycles. The van der Waals surface area contributed by atoms with Gasteiger partial charge in [0.1, 0.15) is 5.00 Å². The Labute approximate surface area is 221 Å². The Hall–Kier alpha value is -3.78. The van der Waals surface area contributed by atoms with Gasteiger partial charge in [-0.25, -0.2) is 4.79 Å². The Kier molecular flexibility index (Phi) is 8.99. The number of carbonyl (C=O) groups is 3. The molecule has 0 spiro atoms. The number of hydrogen-bond donors (Lipinski definition) is 2. The monoisotopic (exact) mass is 549 g/mol. The van der Waals surface area contributed by atoms with E-state index in [4.69, 9.17) is 24.7 Å². The summed E-state index contributed by atoms with van der Waals surface area (Å²) in [5.74, 6) is 0.118. The molecule has 1 aromatic carbocycles. The summed E-state index contributed by atoms with van der Waals surface area (Å²) in [5.41, 5.74) is 6.57. The largest absolute Gasteiger partial charge is 0.493 e. The smallest absolute Gasteiger partial charge is 0.341 e. The van der Waals surface area contributed by atoms with Gasteiger partial charge in [-0.2, -0.15) is 0 Å². The first-order valence-electron chi connectivity index (χ1n) is 10.9. The van der Waals surface area contributed by atoms with Crippen LogP contribution in [0, 0.1) is 6.92 Å². The van der Waals surface area contributed by atoms with Crippen LogP contribution in [0.15, 0.2) is 17.3 Å². The van der Waals surface area contributed by atoms with Crippen molar-refractivity contribution >= 4 is 45.9 Å². The molecule has 37 heavy (non-hydrogen) atoms. The maximum atomic E-state index is 12.7. The number of esters is 1. The third kappa shape index (κ3) is 5.80. The maximum Gasteiger partial charge on any atom is 0.341 e.